The molecule has 108 valence electrons. The Bertz CT molecular complexity index is 456. The second kappa shape index (κ2) is 8.12. The lowest BCUT2D eigenvalue weighted by Gasteiger charge is -2.13. The van der Waals surface area contributed by atoms with Crippen molar-refractivity contribution in [3.8, 4) is 0 Å². The van der Waals surface area contributed by atoms with Gasteiger partial charge in [-0.25, -0.2) is 0 Å². The third-order valence-corrected chi connectivity index (χ3v) is 4.49. The molecule has 0 heterocycles. The number of hydrogen-bond donors (Lipinski definition) is 2. The zero-order chi connectivity index (χ0) is 14.2. The maximum absolute atomic E-state index is 12.0. The van der Waals surface area contributed by atoms with Gasteiger partial charge in [0.1, 0.15) is 0 Å². The summed E-state index contributed by atoms with van der Waals surface area (Å²) in [6.07, 6.45) is 6.81. The van der Waals surface area contributed by atoms with Gasteiger partial charge in [-0.3, -0.25) is 4.79 Å². The highest BCUT2D eigenvalue weighted by Gasteiger charge is 2.15. The van der Waals surface area contributed by atoms with Crippen LogP contribution in [-0.2, 0) is 4.79 Å². The number of anilines is 1. The van der Waals surface area contributed by atoms with E-state index in [1.807, 2.05) is 30.3 Å². The van der Waals surface area contributed by atoms with E-state index in [-0.39, 0.29) is 5.91 Å². The Kier molecular flexibility index (Phi) is 6.15. The minimum Gasteiger partial charge on any atom is -0.324 e. The van der Waals surface area contributed by atoms with Gasteiger partial charge in [-0.1, -0.05) is 31.1 Å². The lowest BCUT2D eigenvalue weighted by molar-refractivity contribution is -0.115. The van der Waals surface area contributed by atoms with Crippen LogP contribution in [0.4, 0.5) is 5.69 Å². The number of carbonyl (C=O) groups is 1. The molecule has 1 amide bonds. The van der Waals surface area contributed by atoms with Crippen molar-refractivity contribution >= 4 is 23.4 Å². The number of hydrogen-bond acceptors (Lipinski definition) is 3. The summed E-state index contributed by atoms with van der Waals surface area (Å²) in [5.41, 5.74) is 0.887. The summed E-state index contributed by atoms with van der Waals surface area (Å²) in [7, 11) is 0. The van der Waals surface area contributed by atoms with Crippen molar-refractivity contribution in [2.45, 2.75) is 36.6 Å². The van der Waals surface area contributed by atoms with Gasteiger partial charge in [-0.15, -0.1) is 18.3 Å². The fraction of sp³-hybridized carbons (Fsp3) is 0.438. The smallest absolute Gasteiger partial charge is 0.238 e. The Balaban J connectivity index is 1.84. The van der Waals surface area contributed by atoms with Gasteiger partial charge in [0.15, 0.2) is 0 Å². The summed E-state index contributed by atoms with van der Waals surface area (Å²) in [6, 6.07) is 8.41. The molecule has 1 aliphatic rings. The van der Waals surface area contributed by atoms with E-state index in [4.69, 9.17) is 0 Å². The quantitative estimate of drug-likeness (QED) is 0.597. The van der Waals surface area contributed by atoms with Gasteiger partial charge in [-0.05, 0) is 25.0 Å². The number of para-hydroxylation sites is 1. The third-order valence-electron chi connectivity index (χ3n) is 3.42. The molecule has 2 rings (SSSR count). The molecule has 4 heteroatoms. The van der Waals surface area contributed by atoms with Crippen molar-refractivity contribution in [2.75, 3.05) is 17.6 Å². The summed E-state index contributed by atoms with van der Waals surface area (Å²) in [5, 5.41) is 6.32. The standard InChI is InChI=1S/C16H22N2OS/c1-2-11-20-15-10-6-5-9-14(15)18-16(19)12-17-13-7-3-4-8-13/h2,5-6,9-10,13,17H,1,3-4,7-8,11-12H2,(H,18,19). The first-order valence-electron chi connectivity index (χ1n) is 7.15. The molecule has 0 aliphatic heterocycles. The molecule has 1 aromatic rings. The number of nitrogens with one attached hydrogen (secondary N) is 2. The molecule has 1 aromatic carbocycles. The summed E-state index contributed by atoms with van der Waals surface area (Å²) < 4.78 is 0. The molecule has 0 spiro atoms. The molecule has 0 unspecified atom stereocenters. The Morgan fingerprint density at radius 2 is 2.10 bits per heavy atom. The van der Waals surface area contributed by atoms with Crippen LogP contribution in [0.3, 0.4) is 0 Å². The van der Waals surface area contributed by atoms with Crippen LogP contribution in [0.1, 0.15) is 25.7 Å². The lowest BCUT2D eigenvalue weighted by Crippen LogP contribution is -2.34. The summed E-state index contributed by atoms with van der Waals surface area (Å²) in [5.74, 6) is 0.872. The van der Waals surface area contributed by atoms with Gasteiger partial charge in [0, 0.05) is 16.7 Å². The molecular formula is C16H22N2OS. The second-order valence-corrected chi connectivity index (χ2v) is 6.07. The van der Waals surface area contributed by atoms with Crippen molar-refractivity contribution in [2.24, 2.45) is 0 Å². The van der Waals surface area contributed by atoms with Crippen LogP contribution in [0.15, 0.2) is 41.8 Å². The predicted octanol–water partition coefficient (Wildman–Crippen LogP) is 3.44. The van der Waals surface area contributed by atoms with Crippen LogP contribution >= 0.6 is 11.8 Å². The largest absolute Gasteiger partial charge is 0.324 e. The van der Waals surface area contributed by atoms with Crippen LogP contribution in [0.5, 0.6) is 0 Å². The number of thioether (sulfide) groups is 1. The Morgan fingerprint density at radius 1 is 1.35 bits per heavy atom. The topological polar surface area (TPSA) is 41.1 Å². The van der Waals surface area contributed by atoms with Crippen molar-refractivity contribution in [1.82, 2.24) is 5.32 Å². The second-order valence-electron chi connectivity index (χ2n) is 5.01. The fourth-order valence-electron chi connectivity index (χ4n) is 2.41. The third kappa shape index (κ3) is 4.69. The summed E-state index contributed by atoms with van der Waals surface area (Å²) in [4.78, 5) is 13.1. The van der Waals surface area contributed by atoms with Gasteiger partial charge in [0.25, 0.3) is 0 Å². The van der Waals surface area contributed by atoms with Crippen LogP contribution in [0, 0.1) is 0 Å². The normalized spacial score (nSPS) is 15.2. The zero-order valence-electron chi connectivity index (χ0n) is 11.7. The average Bonchev–Trinajstić information content (AvgIpc) is 2.97. The summed E-state index contributed by atoms with van der Waals surface area (Å²) >= 11 is 1.68. The van der Waals surface area contributed by atoms with E-state index < -0.39 is 0 Å². The molecular weight excluding hydrogens is 268 g/mol. The van der Waals surface area contributed by atoms with Gasteiger partial charge in [-0.2, -0.15) is 0 Å². The van der Waals surface area contributed by atoms with Crippen molar-refractivity contribution in [3.63, 3.8) is 0 Å². The number of rotatable bonds is 7. The Hall–Kier alpha value is -1.26. The lowest BCUT2D eigenvalue weighted by atomic mass is 10.2. The van der Waals surface area contributed by atoms with Crippen molar-refractivity contribution in [1.29, 1.82) is 0 Å². The van der Waals surface area contributed by atoms with Crippen molar-refractivity contribution in [3.05, 3.63) is 36.9 Å². The van der Waals surface area contributed by atoms with E-state index in [1.54, 1.807) is 11.8 Å². The first-order valence-corrected chi connectivity index (χ1v) is 8.14. The molecule has 0 atom stereocenters. The molecule has 0 bridgehead atoms. The summed E-state index contributed by atoms with van der Waals surface area (Å²) in [6.45, 7) is 4.12. The highest BCUT2D eigenvalue weighted by Crippen LogP contribution is 2.26. The first kappa shape index (κ1) is 15.1. The maximum atomic E-state index is 12.0. The van der Waals surface area contributed by atoms with E-state index >= 15 is 0 Å². The molecule has 1 saturated carbocycles. The van der Waals surface area contributed by atoms with Gasteiger partial charge < -0.3 is 10.6 Å². The monoisotopic (exact) mass is 290 g/mol. The molecule has 3 nitrogen and oxygen atoms in total. The van der Waals surface area contributed by atoms with Crippen LogP contribution in [0.25, 0.3) is 0 Å². The molecule has 1 fully saturated rings. The van der Waals surface area contributed by atoms with E-state index in [1.165, 1.54) is 25.7 Å². The average molecular weight is 290 g/mol. The van der Waals surface area contributed by atoms with Crippen molar-refractivity contribution < 1.29 is 4.79 Å². The highest BCUT2D eigenvalue weighted by atomic mass is 32.2. The van der Waals surface area contributed by atoms with Gasteiger partial charge in [0.2, 0.25) is 5.91 Å². The van der Waals surface area contributed by atoms with E-state index in [0.29, 0.717) is 12.6 Å². The molecule has 0 aromatic heterocycles. The Labute approximate surface area is 125 Å². The molecule has 0 radical (unpaired) electrons. The molecule has 0 saturated heterocycles. The van der Waals surface area contributed by atoms with Crippen LogP contribution < -0.4 is 10.6 Å². The van der Waals surface area contributed by atoms with Crippen LogP contribution in [-0.4, -0.2) is 24.2 Å². The molecule has 20 heavy (non-hydrogen) atoms. The van der Waals surface area contributed by atoms with Crippen LogP contribution in [0.2, 0.25) is 0 Å². The highest BCUT2D eigenvalue weighted by molar-refractivity contribution is 7.99. The maximum Gasteiger partial charge on any atom is 0.238 e. The number of carbonyl (C=O) groups excluding carboxylic acids is 1. The minimum absolute atomic E-state index is 0.0311. The van der Waals surface area contributed by atoms with E-state index in [0.717, 1.165) is 16.3 Å². The SMILES string of the molecule is C=CCSc1ccccc1NC(=O)CNC1CCCC1. The van der Waals surface area contributed by atoms with Gasteiger partial charge >= 0.3 is 0 Å². The fourth-order valence-corrected chi connectivity index (χ4v) is 3.15. The van der Waals surface area contributed by atoms with Gasteiger partial charge in [0.05, 0.1) is 12.2 Å². The number of amides is 1. The number of benzene rings is 1. The molecule has 2 N–H and O–H groups in total. The first-order chi connectivity index (χ1) is 9.79. The Morgan fingerprint density at radius 3 is 2.85 bits per heavy atom. The molecule has 1 aliphatic carbocycles. The van der Waals surface area contributed by atoms with E-state index in [2.05, 4.69) is 17.2 Å². The zero-order valence-corrected chi connectivity index (χ0v) is 12.5. The predicted molar refractivity (Wildman–Crippen MR) is 86.3 cm³/mol. The minimum atomic E-state index is 0.0311. The van der Waals surface area contributed by atoms with E-state index in [9.17, 15) is 4.79 Å².